The fourth-order valence-corrected chi connectivity index (χ4v) is 5.01. The summed E-state index contributed by atoms with van der Waals surface area (Å²) in [7, 11) is -2.36. The number of amides is 1. The molecule has 0 radical (unpaired) electrons. The van der Waals surface area contributed by atoms with Gasteiger partial charge in [-0.2, -0.15) is 4.31 Å². The third-order valence-electron chi connectivity index (χ3n) is 4.79. The summed E-state index contributed by atoms with van der Waals surface area (Å²) < 4.78 is 51.7. The fraction of sp³-hybridized carbons (Fsp3) is 0.381. The molecule has 162 valence electrons. The number of sulfonamides is 1. The number of nitrogens with zero attached hydrogens (tertiary/aromatic N) is 1. The van der Waals surface area contributed by atoms with Crippen LogP contribution in [0.25, 0.3) is 0 Å². The summed E-state index contributed by atoms with van der Waals surface area (Å²) in [5.41, 5.74) is 0.803. The molecule has 1 N–H and O–H groups in total. The lowest BCUT2D eigenvalue weighted by molar-refractivity contribution is -0.115. The second-order valence-corrected chi connectivity index (χ2v) is 8.81. The summed E-state index contributed by atoms with van der Waals surface area (Å²) in [6, 6.07) is 8.82. The van der Waals surface area contributed by atoms with Crippen molar-refractivity contribution in [1.29, 1.82) is 0 Å². The molecule has 1 heterocycles. The van der Waals surface area contributed by atoms with Gasteiger partial charge in [0.1, 0.15) is 10.6 Å². The van der Waals surface area contributed by atoms with Crippen molar-refractivity contribution in [3.8, 4) is 11.5 Å². The average molecular weight is 437 g/mol. The van der Waals surface area contributed by atoms with Crippen molar-refractivity contribution in [2.45, 2.75) is 31.1 Å². The van der Waals surface area contributed by atoms with Crippen LogP contribution in [-0.2, 0) is 21.2 Å². The Morgan fingerprint density at radius 3 is 2.47 bits per heavy atom. The summed E-state index contributed by atoms with van der Waals surface area (Å²) in [5, 5.41) is 2.68. The van der Waals surface area contributed by atoms with Gasteiger partial charge in [0.05, 0.1) is 20.1 Å². The van der Waals surface area contributed by atoms with E-state index in [9.17, 15) is 17.6 Å². The first-order valence-corrected chi connectivity index (χ1v) is 11.2. The lowest BCUT2D eigenvalue weighted by Crippen LogP contribution is -2.28. The van der Waals surface area contributed by atoms with E-state index < -0.39 is 21.7 Å². The van der Waals surface area contributed by atoms with Crippen LogP contribution in [-0.4, -0.2) is 45.4 Å². The molecule has 1 fully saturated rings. The van der Waals surface area contributed by atoms with Crippen LogP contribution in [0.5, 0.6) is 11.5 Å². The maximum absolute atomic E-state index is 13.8. The summed E-state index contributed by atoms with van der Waals surface area (Å²) in [5.74, 6) is -0.599. The monoisotopic (exact) mass is 436 g/mol. The maximum atomic E-state index is 13.8. The van der Waals surface area contributed by atoms with Crippen molar-refractivity contribution in [1.82, 2.24) is 4.31 Å². The molecule has 0 bridgehead atoms. The normalized spacial score (nSPS) is 14.5. The number of methoxy groups -OCH3 is 1. The van der Waals surface area contributed by atoms with Crippen molar-refractivity contribution in [3.05, 3.63) is 47.8 Å². The predicted octanol–water partition coefficient (Wildman–Crippen LogP) is 3.20. The van der Waals surface area contributed by atoms with Crippen LogP contribution in [0.15, 0.2) is 41.3 Å². The van der Waals surface area contributed by atoms with E-state index in [1.54, 1.807) is 19.1 Å². The van der Waals surface area contributed by atoms with Gasteiger partial charge in [-0.15, -0.1) is 0 Å². The molecule has 0 atom stereocenters. The van der Waals surface area contributed by atoms with Gasteiger partial charge in [-0.25, -0.2) is 12.8 Å². The third kappa shape index (κ3) is 4.91. The van der Waals surface area contributed by atoms with Crippen molar-refractivity contribution < 1.29 is 27.1 Å². The SMILES string of the molecule is CCOc1ccc(NC(=O)Cc2ccc(OC)c(F)c2)cc1S(=O)(=O)N1CCCC1. The number of carbonyl (C=O) groups is 1. The number of hydrogen-bond acceptors (Lipinski definition) is 5. The Labute approximate surface area is 175 Å². The Morgan fingerprint density at radius 2 is 1.83 bits per heavy atom. The summed E-state index contributed by atoms with van der Waals surface area (Å²) in [4.78, 5) is 12.4. The van der Waals surface area contributed by atoms with E-state index in [4.69, 9.17) is 9.47 Å². The molecular weight excluding hydrogens is 411 g/mol. The van der Waals surface area contributed by atoms with Gasteiger partial charge in [-0.3, -0.25) is 4.79 Å². The lowest BCUT2D eigenvalue weighted by Gasteiger charge is -2.19. The summed E-state index contributed by atoms with van der Waals surface area (Å²) in [6.07, 6.45) is 1.57. The number of halogens is 1. The largest absolute Gasteiger partial charge is 0.494 e. The van der Waals surface area contributed by atoms with E-state index in [1.807, 2.05) is 0 Å². The van der Waals surface area contributed by atoms with E-state index in [1.165, 1.54) is 35.7 Å². The van der Waals surface area contributed by atoms with Gasteiger partial charge in [0.15, 0.2) is 11.6 Å². The summed E-state index contributed by atoms with van der Waals surface area (Å²) >= 11 is 0. The van der Waals surface area contributed by atoms with Gasteiger partial charge in [0.2, 0.25) is 15.9 Å². The molecule has 0 aliphatic carbocycles. The maximum Gasteiger partial charge on any atom is 0.246 e. The first-order valence-electron chi connectivity index (χ1n) is 9.74. The van der Waals surface area contributed by atoms with Gasteiger partial charge >= 0.3 is 0 Å². The van der Waals surface area contributed by atoms with Gasteiger partial charge in [0, 0.05) is 18.8 Å². The Balaban J connectivity index is 1.80. The van der Waals surface area contributed by atoms with Crippen LogP contribution in [0.4, 0.5) is 10.1 Å². The zero-order chi connectivity index (χ0) is 21.7. The number of ether oxygens (including phenoxy) is 2. The Hall–Kier alpha value is -2.65. The minimum atomic E-state index is -3.73. The van der Waals surface area contributed by atoms with E-state index in [2.05, 4.69) is 5.32 Å². The first-order chi connectivity index (χ1) is 14.3. The molecule has 1 aliphatic rings. The highest BCUT2D eigenvalue weighted by Gasteiger charge is 2.30. The topological polar surface area (TPSA) is 84.9 Å². The Bertz CT molecular complexity index is 1020. The van der Waals surface area contributed by atoms with Gasteiger partial charge in [-0.05, 0) is 55.7 Å². The third-order valence-corrected chi connectivity index (χ3v) is 6.71. The smallest absolute Gasteiger partial charge is 0.246 e. The number of nitrogens with one attached hydrogen (secondary N) is 1. The van der Waals surface area contributed by atoms with Crippen LogP contribution in [0, 0.1) is 5.82 Å². The predicted molar refractivity (Wildman–Crippen MR) is 111 cm³/mol. The molecule has 0 unspecified atom stereocenters. The lowest BCUT2D eigenvalue weighted by atomic mass is 10.1. The summed E-state index contributed by atoms with van der Waals surface area (Å²) in [6.45, 7) is 3.02. The molecule has 30 heavy (non-hydrogen) atoms. The standard InChI is InChI=1S/C21H25FN2O5S/c1-3-29-19-9-7-16(14-20(19)30(26,27)24-10-4-5-11-24)23-21(25)13-15-6-8-18(28-2)17(22)12-15/h6-9,12,14H,3-5,10-11,13H2,1-2H3,(H,23,25). The highest BCUT2D eigenvalue weighted by Crippen LogP contribution is 2.31. The molecule has 1 aliphatic heterocycles. The first kappa shape index (κ1) is 22.0. The quantitative estimate of drug-likeness (QED) is 0.687. The van der Waals surface area contributed by atoms with Gasteiger partial charge in [0.25, 0.3) is 0 Å². The number of anilines is 1. The zero-order valence-electron chi connectivity index (χ0n) is 17.0. The highest BCUT2D eigenvalue weighted by atomic mass is 32.2. The zero-order valence-corrected chi connectivity index (χ0v) is 17.8. The van der Waals surface area contributed by atoms with Gasteiger partial charge < -0.3 is 14.8 Å². The van der Waals surface area contributed by atoms with E-state index in [0.717, 1.165) is 12.8 Å². The molecule has 0 spiro atoms. The number of benzene rings is 2. The van der Waals surface area contributed by atoms with Crippen molar-refractivity contribution in [3.63, 3.8) is 0 Å². The van der Waals surface area contributed by atoms with Crippen molar-refractivity contribution in [2.75, 3.05) is 32.1 Å². The fourth-order valence-electron chi connectivity index (χ4n) is 3.34. The van der Waals surface area contributed by atoms with Gasteiger partial charge in [-0.1, -0.05) is 6.07 Å². The molecule has 2 aromatic carbocycles. The van der Waals surface area contributed by atoms with Crippen LogP contribution in [0.2, 0.25) is 0 Å². The van der Waals surface area contributed by atoms with E-state index in [0.29, 0.717) is 30.9 Å². The van der Waals surface area contributed by atoms with Crippen molar-refractivity contribution >= 4 is 21.6 Å². The average Bonchev–Trinajstić information content (AvgIpc) is 3.25. The van der Waals surface area contributed by atoms with Crippen LogP contribution in [0.3, 0.4) is 0 Å². The molecular formula is C21H25FN2O5S. The molecule has 3 rings (SSSR count). The minimum absolute atomic E-state index is 0.0274. The van der Waals surface area contributed by atoms with E-state index in [-0.39, 0.29) is 22.8 Å². The van der Waals surface area contributed by atoms with Crippen LogP contribution >= 0.6 is 0 Å². The number of carbonyl (C=O) groups excluding carboxylic acids is 1. The van der Waals surface area contributed by atoms with Crippen LogP contribution in [0.1, 0.15) is 25.3 Å². The molecule has 0 saturated carbocycles. The number of hydrogen-bond donors (Lipinski definition) is 1. The molecule has 1 amide bonds. The Morgan fingerprint density at radius 1 is 1.13 bits per heavy atom. The van der Waals surface area contributed by atoms with Crippen molar-refractivity contribution in [2.24, 2.45) is 0 Å². The molecule has 9 heteroatoms. The molecule has 0 aromatic heterocycles. The number of rotatable bonds is 8. The molecule has 7 nitrogen and oxygen atoms in total. The second-order valence-electron chi connectivity index (χ2n) is 6.90. The van der Waals surface area contributed by atoms with Crippen LogP contribution < -0.4 is 14.8 Å². The minimum Gasteiger partial charge on any atom is -0.494 e. The Kier molecular flexibility index (Phi) is 6.94. The molecule has 1 saturated heterocycles. The molecule has 2 aromatic rings. The highest BCUT2D eigenvalue weighted by molar-refractivity contribution is 7.89. The second kappa shape index (κ2) is 9.44. The van der Waals surface area contributed by atoms with E-state index >= 15 is 0 Å².